The molecular formula is C20H20F2N2O3. The van der Waals surface area contributed by atoms with Crippen LogP contribution in [0.2, 0.25) is 0 Å². The summed E-state index contributed by atoms with van der Waals surface area (Å²) in [6, 6.07) is 11.4. The highest BCUT2D eigenvalue weighted by Gasteiger charge is 2.48. The summed E-state index contributed by atoms with van der Waals surface area (Å²) in [5.41, 5.74) is -0.932. The lowest BCUT2D eigenvalue weighted by Crippen LogP contribution is -2.60. The van der Waals surface area contributed by atoms with Gasteiger partial charge in [-0.25, -0.2) is 8.78 Å². The topological polar surface area (TPSA) is 69.6 Å². The smallest absolute Gasteiger partial charge is 0.264 e. The molecule has 1 saturated heterocycles. The van der Waals surface area contributed by atoms with Crippen molar-refractivity contribution in [1.82, 2.24) is 10.2 Å². The van der Waals surface area contributed by atoms with E-state index in [-0.39, 0.29) is 25.3 Å². The maximum absolute atomic E-state index is 13.2. The fourth-order valence-electron chi connectivity index (χ4n) is 3.14. The van der Waals surface area contributed by atoms with Crippen LogP contribution in [0.1, 0.15) is 24.0 Å². The standard InChI is InChI=1S/C20H20F2N2O3/c21-16-7-5-14(6-8-16)13-24-10-2-9-20(27,19(24)26)18(25)23-12-15-3-1-4-17(22)11-15/h1,3-8,11,27H,2,9-10,12-13H2,(H,23,25). The molecule has 1 fully saturated rings. The molecule has 0 spiro atoms. The van der Waals surface area contributed by atoms with Crippen LogP contribution in [0.3, 0.4) is 0 Å². The normalized spacial score (nSPS) is 19.8. The lowest BCUT2D eigenvalue weighted by Gasteiger charge is -2.37. The molecule has 0 aliphatic carbocycles. The number of amides is 2. The predicted octanol–water partition coefficient (Wildman–Crippen LogP) is 2.13. The average molecular weight is 374 g/mol. The van der Waals surface area contributed by atoms with Gasteiger partial charge in [0.25, 0.3) is 11.8 Å². The Hall–Kier alpha value is -2.80. The molecule has 142 valence electrons. The number of hydrogen-bond donors (Lipinski definition) is 2. The Labute approximate surface area is 155 Å². The van der Waals surface area contributed by atoms with Crippen LogP contribution in [-0.2, 0) is 22.7 Å². The molecule has 7 heteroatoms. The summed E-state index contributed by atoms with van der Waals surface area (Å²) in [6.07, 6.45) is 0.470. The molecule has 27 heavy (non-hydrogen) atoms. The summed E-state index contributed by atoms with van der Waals surface area (Å²) >= 11 is 0. The van der Waals surface area contributed by atoms with E-state index >= 15 is 0 Å². The first-order valence-electron chi connectivity index (χ1n) is 8.67. The number of rotatable bonds is 5. The molecule has 1 atom stereocenters. The summed E-state index contributed by atoms with van der Waals surface area (Å²) < 4.78 is 26.2. The monoisotopic (exact) mass is 374 g/mol. The van der Waals surface area contributed by atoms with Gasteiger partial charge in [-0.3, -0.25) is 9.59 Å². The Bertz CT molecular complexity index is 841. The zero-order valence-corrected chi connectivity index (χ0v) is 14.6. The summed E-state index contributed by atoms with van der Waals surface area (Å²) in [4.78, 5) is 26.6. The summed E-state index contributed by atoms with van der Waals surface area (Å²) in [6.45, 7) is 0.582. The highest BCUT2D eigenvalue weighted by molar-refractivity contribution is 6.08. The van der Waals surface area contributed by atoms with E-state index in [1.165, 1.54) is 35.2 Å². The van der Waals surface area contributed by atoms with Gasteiger partial charge in [0, 0.05) is 19.6 Å². The zero-order valence-electron chi connectivity index (χ0n) is 14.6. The molecule has 3 rings (SSSR count). The first kappa shape index (κ1) is 19.0. The minimum atomic E-state index is -2.16. The second kappa shape index (κ2) is 7.84. The first-order chi connectivity index (χ1) is 12.9. The number of piperidine rings is 1. The van der Waals surface area contributed by atoms with Crippen molar-refractivity contribution in [3.8, 4) is 0 Å². The van der Waals surface area contributed by atoms with E-state index in [1.807, 2.05) is 0 Å². The minimum absolute atomic E-state index is 0.00411. The van der Waals surface area contributed by atoms with Gasteiger partial charge in [0.2, 0.25) is 5.60 Å². The van der Waals surface area contributed by atoms with Crippen LogP contribution in [0.25, 0.3) is 0 Å². The van der Waals surface area contributed by atoms with E-state index in [2.05, 4.69) is 5.32 Å². The van der Waals surface area contributed by atoms with Crippen molar-refractivity contribution in [1.29, 1.82) is 0 Å². The van der Waals surface area contributed by atoms with Crippen molar-refractivity contribution in [3.63, 3.8) is 0 Å². The van der Waals surface area contributed by atoms with E-state index in [0.717, 1.165) is 0 Å². The largest absolute Gasteiger partial charge is 0.372 e. The third kappa shape index (κ3) is 4.31. The SMILES string of the molecule is O=C(NCc1cccc(F)c1)C1(O)CCCN(Cc2ccc(F)cc2)C1=O. The van der Waals surface area contributed by atoms with Gasteiger partial charge in [0.1, 0.15) is 11.6 Å². The van der Waals surface area contributed by atoms with Crippen molar-refractivity contribution >= 4 is 11.8 Å². The second-order valence-electron chi connectivity index (χ2n) is 6.63. The molecule has 2 aromatic rings. The van der Waals surface area contributed by atoms with Crippen LogP contribution >= 0.6 is 0 Å². The Morgan fingerprint density at radius 1 is 1.11 bits per heavy atom. The maximum Gasteiger partial charge on any atom is 0.264 e. The molecule has 2 amide bonds. The van der Waals surface area contributed by atoms with E-state index in [1.54, 1.807) is 18.2 Å². The van der Waals surface area contributed by atoms with Crippen LogP contribution in [0.15, 0.2) is 48.5 Å². The highest BCUT2D eigenvalue weighted by Crippen LogP contribution is 2.25. The molecule has 1 heterocycles. The van der Waals surface area contributed by atoms with Crippen molar-refractivity contribution < 1.29 is 23.5 Å². The molecule has 0 saturated carbocycles. The van der Waals surface area contributed by atoms with Gasteiger partial charge in [-0.2, -0.15) is 0 Å². The molecule has 5 nitrogen and oxygen atoms in total. The van der Waals surface area contributed by atoms with Crippen molar-refractivity contribution in [3.05, 3.63) is 71.3 Å². The van der Waals surface area contributed by atoms with Crippen LogP contribution < -0.4 is 5.32 Å². The lowest BCUT2D eigenvalue weighted by molar-refractivity contribution is -0.166. The van der Waals surface area contributed by atoms with Gasteiger partial charge in [0.15, 0.2) is 0 Å². The van der Waals surface area contributed by atoms with Gasteiger partial charge in [0.05, 0.1) is 0 Å². The van der Waals surface area contributed by atoms with Crippen molar-refractivity contribution in [2.45, 2.75) is 31.5 Å². The van der Waals surface area contributed by atoms with Crippen LogP contribution in [0.4, 0.5) is 8.78 Å². The lowest BCUT2D eigenvalue weighted by atomic mass is 9.90. The predicted molar refractivity (Wildman–Crippen MR) is 94.2 cm³/mol. The number of carbonyl (C=O) groups is 2. The summed E-state index contributed by atoms with van der Waals surface area (Å²) in [5.74, 6) is -2.30. The summed E-state index contributed by atoms with van der Waals surface area (Å²) in [7, 11) is 0. The maximum atomic E-state index is 13.2. The number of nitrogens with one attached hydrogen (secondary N) is 1. The van der Waals surface area contributed by atoms with Gasteiger partial charge in [-0.1, -0.05) is 24.3 Å². The quantitative estimate of drug-likeness (QED) is 0.788. The zero-order chi connectivity index (χ0) is 19.4. The molecule has 0 radical (unpaired) electrons. The third-order valence-electron chi connectivity index (χ3n) is 4.61. The first-order valence-corrected chi connectivity index (χ1v) is 8.67. The fraction of sp³-hybridized carbons (Fsp3) is 0.300. The van der Waals surface area contributed by atoms with E-state index in [9.17, 15) is 23.5 Å². The summed E-state index contributed by atoms with van der Waals surface area (Å²) in [5, 5.41) is 13.2. The third-order valence-corrected chi connectivity index (χ3v) is 4.61. The van der Waals surface area contributed by atoms with Crippen molar-refractivity contribution in [2.75, 3.05) is 6.54 Å². The highest BCUT2D eigenvalue weighted by atomic mass is 19.1. The van der Waals surface area contributed by atoms with E-state index < -0.39 is 23.2 Å². The number of benzene rings is 2. The van der Waals surface area contributed by atoms with Crippen molar-refractivity contribution in [2.24, 2.45) is 0 Å². The molecule has 2 N–H and O–H groups in total. The van der Waals surface area contributed by atoms with Gasteiger partial charge < -0.3 is 15.3 Å². The Balaban J connectivity index is 1.66. The molecule has 1 aliphatic heterocycles. The van der Waals surface area contributed by atoms with E-state index in [4.69, 9.17) is 0 Å². The Morgan fingerprint density at radius 3 is 2.56 bits per heavy atom. The molecule has 2 aromatic carbocycles. The number of halogens is 2. The molecule has 1 aliphatic rings. The van der Waals surface area contributed by atoms with E-state index in [0.29, 0.717) is 24.1 Å². The number of nitrogens with zero attached hydrogens (tertiary/aromatic N) is 1. The van der Waals surface area contributed by atoms with Gasteiger partial charge in [-0.15, -0.1) is 0 Å². The Kier molecular flexibility index (Phi) is 5.51. The van der Waals surface area contributed by atoms with Crippen LogP contribution in [0, 0.1) is 11.6 Å². The second-order valence-corrected chi connectivity index (χ2v) is 6.63. The van der Waals surface area contributed by atoms with Crippen LogP contribution in [-0.4, -0.2) is 34.0 Å². The average Bonchev–Trinajstić information content (AvgIpc) is 2.65. The molecular weight excluding hydrogens is 354 g/mol. The minimum Gasteiger partial charge on any atom is -0.372 e. The Morgan fingerprint density at radius 2 is 1.85 bits per heavy atom. The molecule has 0 aromatic heterocycles. The number of likely N-dealkylation sites (tertiary alicyclic amines) is 1. The number of aliphatic hydroxyl groups is 1. The fourth-order valence-corrected chi connectivity index (χ4v) is 3.14. The number of carbonyl (C=O) groups excluding carboxylic acids is 2. The van der Waals surface area contributed by atoms with Gasteiger partial charge >= 0.3 is 0 Å². The molecule has 0 bridgehead atoms. The molecule has 1 unspecified atom stereocenters. The number of hydrogen-bond acceptors (Lipinski definition) is 3. The van der Waals surface area contributed by atoms with Crippen LogP contribution in [0.5, 0.6) is 0 Å². The van der Waals surface area contributed by atoms with Gasteiger partial charge in [-0.05, 0) is 48.2 Å².